The molecule has 0 aliphatic carbocycles. The maximum atomic E-state index is 9.25. The van der Waals surface area contributed by atoms with Crippen LogP contribution in [0.25, 0.3) is 0 Å². The fourth-order valence-corrected chi connectivity index (χ4v) is 1.87. The fourth-order valence-electron chi connectivity index (χ4n) is 1.64. The third kappa shape index (κ3) is 4.20. The number of rotatable bonds is 4. The molecule has 0 aliphatic rings. The second-order valence-electron chi connectivity index (χ2n) is 4.12. The number of halogens is 1. The van der Waals surface area contributed by atoms with Crippen LogP contribution in [0.4, 0.5) is 0 Å². The van der Waals surface area contributed by atoms with Gasteiger partial charge in [-0.05, 0) is 44.2 Å². The van der Waals surface area contributed by atoms with Crippen LogP contribution in [-0.2, 0) is 6.54 Å². The van der Waals surface area contributed by atoms with Gasteiger partial charge >= 0.3 is 0 Å². The highest BCUT2D eigenvalue weighted by atomic mass is 35.5. The molecule has 0 aromatic heterocycles. The summed E-state index contributed by atoms with van der Waals surface area (Å²) in [6.07, 6.45) is -0.289. The summed E-state index contributed by atoms with van der Waals surface area (Å²) in [5, 5.41) is 10.0. The number of aryl methyl sites for hydroxylation is 1. The average molecular weight is 228 g/mol. The van der Waals surface area contributed by atoms with E-state index < -0.39 is 0 Å². The van der Waals surface area contributed by atoms with E-state index >= 15 is 0 Å². The molecule has 0 aliphatic heterocycles. The van der Waals surface area contributed by atoms with Gasteiger partial charge in [0.1, 0.15) is 0 Å². The van der Waals surface area contributed by atoms with E-state index in [2.05, 4.69) is 11.8 Å². The molecular formula is C12H18ClNO. The number of hydrogen-bond donors (Lipinski definition) is 1. The van der Waals surface area contributed by atoms with Crippen LogP contribution in [0.15, 0.2) is 18.2 Å². The van der Waals surface area contributed by atoms with Crippen LogP contribution >= 0.6 is 11.6 Å². The van der Waals surface area contributed by atoms with Gasteiger partial charge in [0, 0.05) is 18.1 Å². The van der Waals surface area contributed by atoms with Gasteiger partial charge in [0.25, 0.3) is 0 Å². The topological polar surface area (TPSA) is 23.5 Å². The molecule has 1 unspecified atom stereocenters. The van der Waals surface area contributed by atoms with Gasteiger partial charge < -0.3 is 5.11 Å². The SMILES string of the molecule is Cc1cc(Cl)ccc1CN(C)CC(C)O. The van der Waals surface area contributed by atoms with Crippen molar-refractivity contribution in [3.63, 3.8) is 0 Å². The molecular weight excluding hydrogens is 210 g/mol. The highest BCUT2D eigenvalue weighted by Crippen LogP contribution is 2.16. The van der Waals surface area contributed by atoms with Gasteiger partial charge in [-0.25, -0.2) is 0 Å². The first kappa shape index (κ1) is 12.5. The molecule has 0 bridgehead atoms. The van der Waals surface area contributed by atoms with Gasteiger partial charge in [-0.3, -0.25) is 4.90 Å². The molecule has 1 atom stereocenters. The highest BCUT2D eigenvalue weighted by molar-refractivity contribution is 6.30. The molecule has 0 saturated carbocycles. The Morgan fingerprint density at radius 3 is 2.67 bits per heavy atom. The summed E-state index contributed by atoms with van der Waals surface area (Å²) >= 11 is 5.88. The van der Waals surface area contributed by atoms with E-state index in [1.807, 2.05) is 25.2 Å². The lowest BCUT2D eigenvalue weighted by Crippen LogP contribution is -2.27. The number of benzene rings is 1. The van der Waals surface area contributed by atoms with E-state index in [0.717, 1.165) is 11.6 Å². The summed E-state index contributed by atoms with van der Waals surface area (Å²) in [7, 11) is 2.00. The number of likely N-dealkylation sites (N-methyl/N-ethyl adjacent to an activating group) is 1. The number of nitrogens with zero attached hydrogens (tertiary/aromatic N) is 1. The molecule has 3 heteroatoms. The molecule has 1 aromatic rings. The van der Waals surface area contributed by atoms with Crippen LogP contribution in [0.2, 0.25) is 5.02 Å². The summed E-state index contributed by atoms with van der Waals surface area (Å²) in [4.78, 5) is 2.10. The second-order valence-corrected chi connectivity index (χ2v) is 4.55. The van der Waals surface area contributed by atoms with Crippen LogP contribution < -0.4 is 0 Å². The monoisotopic (exact) mass is 227 g/mol. The lowest BCUT2D eigenvalue weighted by Gasteiger charge is -2.19. The van der Waals surface area contributed by atoms with E-state index in [1.165, 1.54) is 11.1 Å². The van der Waals surface area contributed by atoms with Crippen LogP contribution in [0.3, 0.4) is 0 Å². The Morgan fingerprint density at radius 2 is 2.13 bits per heavy atom. The quantitative estimate of drug-likeness (QED) is 0.854. The van der Waals surface area contributed by atoms with E-state index in [-0.39, 0.29) is 6.10 Å². The van der Waals surface area contributed by atoms with Crippen molar-refractivity contribution < 1.29 is 5.11 Å². The Labute approximate surface area is 96.5 Å². The van der Waals surface area contributed by atoms with Gasteiger partial charge in [0.05, 0.1) is 6.10 Å². The summed E-state index contributed by atoms with van der Waals surface area (Å²) in [6.45, 7) is 5.37. The summed E-state index contributed by atoms with van der Waals surface area (Å²) < 4.78 is 0. The molecule has 2 nitrogen and oxygen atoms in total. The zero-order valence-corrected chi connectivity index (χ0v) is 10.3. The van der Waals surface area contributed by atoms with Crippen molar-refractivity contribution >= 4 is 11.6 Å². The number of aliphatic hydroxyl groups is 1. The number of hydrogen-bond acceptors (Lipinski definition) is 2. The maximum Gasteiger partial charge on any atom is 0.0639 e. The minimum absolute atomic E-state index is 0.289. The minimum atomic E-state index is -0.289. The van der Waals surface area contributed by atoms with Gasteiger partial charge in [-0.2, -0.15) is 0 Å². The Hall–Kier alpha value is -0.570. The van der Waals surface area contributed by atoms with Crippen LogP contribution in [0.1, 0.15) is 18.1 Å². The summed E-state index contributed by atoms with van der Waals surface area (Å²) in [5.74, 6) is 0. The van der Waals surface area contributed by atoms with E-state index in [0.29, 0.717) is 6.54 Å². The zero-order chi connectivity index (χ0) is 11.4. The molecule has 0 radical (unpaired) electrons. The first-order valence-corrected chi connectivity index (χ1v) is 5.48. The standard InChI is InChI=1S/C12H18ClNO/c1-9-6-12(13)5-4-11(9)8-14(3)7-10(2)15/h4-6,10,15H,7-8H2,1-3H3. The van der Waals surface area contributed by atoms with Gasteiger partial charge in [0.2, 0.25) is 0 Å². The van der Waals surface area contributed by atoms with Crippen molar-refractivity contribution in [3.05, 3.63) is 34.3 Å². The lowest BCUT2D eigenvalue weighted by atomic mass is 10.1. The Kier molecular flexibility index (Phi) is 4.58. The van der Waals surface area contributed by atoms with Crippen molar-refractivity contribution in [2.45, 2.75) is 26.5 Å². The first-order chi connectivity index (χ1) is 6.99. The minimum Gasteiger partial charge on any atom is -0.392 e. The van der Waals surface area contributed by atoms with E-state index in [1.54, 1.807) is 6.92 Å². The third-order valence-corrected chi connectivity index (χ3v) is 2.56. The van der Waals surface area contributed by atoms with Crippen LogP contribution in [-0.4, -0.2) is 29.7 Å². The fraction of sp³-hybridized carbons (Fsp3) is 0.500. The zero-order valence-electron chi connectivity index (χ0n) is 9.50. The summed E-state index contributed by atoms with van der Waals surface area (Å²) in [5.41, 5.74) is 2.45. The molecule has 0 fully saturated rings. The van der Waals surface area contributed by atoms with Crippen molar-refractivity contribution in [2.75, 3.05) is 13.6 Å². The lowest BCUT2D eigenvalue weighted by molar-refractivity contribution is 0.138. The average Bonchev–Trinajstić information content (AvgIpc) is 2.08. The molecule has 0 heterocycles. The first-order valence-electron chi connectivity index (χ1n) is 5.10. The molecule has 1 aromatic carbocycles. The molecule has 1 rings (SSSR count). The van der Waals surface area contributed by atoms with Crippen LogP contribution in [0.5, 0.6) is 0 Å². The predicted octanol–water partition coefficient (Wildman–Crippen LogP) is 2.46. The smallest absolute Gasteiger partial charge is 0.0639 e. The van der Waals surface area contributed by atoms with E-state index in [4.69, 9.17) is 11.6 Å². The highest BCUT2D eigenvalue weighted by Gasteiger charge is 2.05. The van der Waals surface area contributed by atoms with Crippen molar-refractivity contribution in [2.24, 2.45) is 0 Å². The Balaban J connectivity index is 2.64. The molecule has 0 saturated heterocycles. The predicted molar refractivity (Wildman–Crippen MR) is 64.2 cm³/mol. The van der Waals surface area contributed by atoms with Crippen LogP contribution in [0, 0.1) is 6.92 Å². The maximum absolute atomic E-state index is 9.25. The molecule has 84 valence electrons. The molecule has 1 N–H and O–H groups in total. The molecule has 0 spiro atoms. The summed E-state index contributed by atoms with van der Waals surface area (Å²) in [6, 6.07) is 5.91. The van der Waals surface area contributed by atoms with Crippen molar-refractivity contribution in [1.82, 2.24) is 4.90 Å². The Morgan fingerprint density at radius 1 is 1.47 bits per heavy atom. The largest absolute Gasteiger partial charge is 0.392 e. The van der Waals surface area contributed by atoms with Gasteiger partial charge in [-0.1, -0.05) is 17.7 Å². The van der Waals surface area contributed by atoms with E-state index in [9.17, 15) is 5.11 Å². The van der Waals surface area contributed by atoms with Gasteiger partial charge in [0.15, 0.2) is 0 Å². The second kappa shape index (κ2) is 5.50. The Bertz CT molecular complexity index is 325. The van der Waals surface area contributed by atoms with Crippen molar-refractivity contribution in [3.8, 4) is 0 Å². The van der Waals surface area contributed by atoms with Crippen molar-refractivity contribution in [1.29, 1.82) is 0 Å². The van der Waals surface area contributed by atoms with Gasteiger partial charge in [-0.15, -0.1) is 0 Å². The molecule has 15 heavy (non-hydrogen) atoms. The normalized spacial score (nSPS) is 13.2. The third-order valence-electron chi connectivity index (χ3n) is 2.32. The number of aliphatic hydroxyl groups excluding tert-OH is 1. The molecule has 0 amide bonds.